The first-order chi connectivity index (χ1) is 9.49. The topological polar surface area (TPSA) is 128 Å². The van der Waals surface area contributed by atoms with Crippen molar-refractivity contribution in [2.24, 2.45) is 16.5 Å². The molecule has 1 amide bonds. The van der Waals surface area contributed by atoms with Gasteiger partial charge in [0, 0.05) is 5.56 Å². The number of phenolic OH excluding ortho intramolecular Hbond substituents is 1. The zero-order valence-corrected chi connectivity index (χ0v) is 10.6. The third kappa shape index (κ3) is 2.69. The summed E-state index contributed by atoms with van der Waals surface area (Å²) in [4.78, 5) is 15.5. The fourth-order valence-corrected chi connectivity index (χ4v) is 1.70. The van der Waals surface area contributed by atoms with Crippen LogP contribution in [0.2, 0.25) is 0 Å². The van der Waals surface area contributed by atoms with Gasteiger partial charge in [-0.05, 0) is 36.4 Å². The smallest absolute Gasteiger partial charge is 0.250 e. The van der Waals surface area contributed by atoms with E-state index in [2.05, 4.69) is 4.99 Å². The average Bonchev–Trinajstić information content (AvgIpc) is 2.41. The molecular formula is C14H14N4O2. The van der Waals surface area contributed by atoms with Crippen LogP contribution in [0.15, 0.2) is 47.5 Å². The van der Waals surface area contributed by atoms with Gasteiger partial charge in [-0.25, -0.2) is 4.99 Å². The number of phenols is 1. The molecule has 0 unspecified atom stereocenters. The molecule has 0 aromatic heterocycles. The number of aliphatic imine (C=N–C) groups is 1. The number of nitrogens with zero attached hydrogens (tertiary/aromatic N) is 1. The van der Waals surface area contributed by atoms with E-state index >= 15 is 0 Å². The molecule has 0 fully saturated rings. The van der Waals surface area contributed by atoms with E-state index in [1.165, 1.54) is 18.2 Å². The number of benzene rings is 2. The molecule has 0 spiro atoms. The molecule has 6 heteroatoms. The molecule has 0 aliphatic rings. The molecule has 2 aromatic rings. The number of rotatable bonds is 3. The normalized spacial score (nSPS) is 11.3. The van der Waals surface area contributed by atoms with Gasteiger partial charge in [0.1, 0.15) is 17.3 Å². The third-order valence-corrected chi connectivity index (χ3v) is 2.73. The van der Waals surface area contributed by atoms with Gasteiger partial charge in [-0.1, -0.05) is 6.07 Å². The summed E-state index contributed by atoms with van der Waals surface area (Å²) in [6, 6.07) is 10.9. The first-order valence-electron chi connectivity index (χ1n) is 5.81. The Balaban J connectivity index is 2.49. The fraction of sp³-hybridized carbons (Fsp3) is 0. The number of carbonyl (C=O) groups excluding carboxylic acids is 1. The second-order valence-corrected chi connectivity index (χ2v) is 4.15. The molecule has 2 rings (SSSR count). The minimum Gasteiger partial charge on any atom is -0.508 e. The highest BCUT2D eigenvalue weighted by atomic mass is 16.3. The van der Waals surface area contributed by atoms with Crippen molar-refractivity contribution in [1.82, 2.24) is 0 Å². The maximum absolute atomic E-state index is 11.4. The molecule has 0 bridgehead atoms. The highest BCUT2D eigenvalue weighted by Gasteiger charge is 2.11. The van der Waals surface area contributed by atoms with Crippen LogP contribution in [-0.4, -0.2) is 16.8 Å². The zero-order chi connectivity index (χ0) is 14.7. The minimum absolute atomic E-state index is 0.124. The Morgan fingerprint density at radius 3 is 2.30 bits per heavy atom. The van der Waals surface area contributed by atoms with Gasteiger partial charge in [0.15, 0.2) is 0 Å². The average molecular weight is 270 g/mol. The van der Waals surface area contributed by atoms with Crippen molar-refractivity contribution in [1.29, 1.82) is 0 Å². The molecule has 0 atom stereocenters. The number of para-hydroxylation sites is 1. The first-order valence-corrected chi connectivity index (χ1v) is 5.81. The monoisotopic (exact) mass is 270 g/mol. The summed E-state index contributed by atoms with van der Waals surface area (Å²) in [5.41, 5.74) is 18.3. The fourth-order valence-electron chi connectivity index (χ4n) is 1.70. The number of amides is 1. The largest absolute Gasteiger partial charge is 0.508 e. The number of nitrogens with two attached hydrogens (primary N) is 3. The van der Waals surface area contributed by atoms with Gasteiger partial charge >= 0.3 is 0 Å². The molecule has 0 saturated heterocycles. The van der Waals surface area contributed by atoms with Gasteiger partial charge < -0.3 is 22.3 Å². The van der Waals surface area contributed by atoms with E-state index in [9.17, 15) is 9.90 Å². The summed E-state index contributed by atoms with van der Waals surface area (Å²) < 4.78 is 0. The Morgan fingerprint density at radius 2 is 1.70 bits per heavy atom. The van der Waals surface area contributed by atoms with Crippen LogP contribution in [0.3, 0.4) is 0 Å². The van der Waals surface area contributed by atoms with Gasteiger partial charge in [0.05, 0.1) is 11.3 Å². The van der Waals surface area contributed by atoms with E-state index in [0.717, 1.165) is 0 Å². The molecule has 0 aliphatic heterocycles. The van der Waals surface area contributed by atoms with E-state index in [4.69, 9.17) is 17.2 Å². The lowest BCUT2D eigenvalue weighted by Gasteiger charge is -2.07. The number of aromatic hydroxyl groups is 1. The highest BCUT2D eigenvalue weighted by Crippen LogP contribution is 2.27. The molecular weight excluding hydrogens is 256 g/mol. The van der Waals surface area contributed by atoms with Crippen LogP contribution in [0.5, 0.6) is 5.75 Å². The Hall–Kier alpha value is -3.02. The van der Waals surface area contributed by atoms with Crippen LogP contribution >= 0.6 is 0 Å². The van der Waals surface area contributed by atoms with E-state index in [-0.39, 0.29) is 22.8 Å². The molecule has 102 valence electrons. The summed E-state index contributed by atoms with van der Waals surface area (Å²) in [6.07, 6.45) is 0. The number of nitrogen functional groups attached to an aromatic ring is 1. The van der Waals surface area contributed by atoms with Crippen molar-refractivity contribution in [3.63, 3.8) is 0 Å². The van der Waals surface area contributed by atoms with Gasteiger partial charge in [-0.15, -0.1) is 0 Å². The molecule has 6 nitrogen and oxygen atoms in total. The van der Waals surface area contributed by atoms with Crippen molar-refractivity contribution < 1.29 is 9.90 Å². The Bertz CT molecular complexity index is 678. The first kappa shape index (κ1) is 13.4. The SMILES string of the molecule is NC(=O)c1cccc(N)c1N=C(N)c1ccc(O)cc1. The molecule has 0 radical (unpaired) electrons. The van der Waals surface area contributed by atoms with Crippen molar-refractivity contribution in [3.05, 3.63) is 53.6 Å². The highest BCUT2D eigenvalue weighted by molar-refractivity contribution is 6.05. The number of amidine groups is 1. The van der Waals surface area contributed by atoms with Crippen molar-refractivity contribution in [3.8, 4) is 5.75 Å². The minimum atomic E-state index is -0.630. The Labute approximate surface area is 115 Å². The third-order valence-electron chi connectivity index (χ3n) is 2.73. The van der Waals surface area contributed by atoms with Crippen molar-refractivity contribution >= 4 is 23.1 Å². The van der Waals surface area contributed by atoms with Gasteiger partial charge in [0.25, 0.3) is 5.91 Å². The predicted molar refractivity (Wildman–Crippen MR) is 77.9 cm³/mol. The van der Waals surface area contributed by atoms with Crippen LogP contribution < -0.4 is 17.2 Å². The molecule has 7 N–H and O–H groups in total. The summed E-state index contributed by atoms with van der Waals surface area (Å²) in [6.45, 7) is 0. The Morgan fingerprint density at radius 1 is 1.05 bits per heavy atom. The van der Waals surface area contributed by atoms with E-state index < -0.39 is 5.91 Å². The van der Waals surface area contributed by atoms with Crippen LogP contribution in [0, 0.1) is 0 Å². The molecule has 20 heavy (non-hydrogen) atoms. The second kappa shape index (κ2) is 5.31. The number of carbonyl (C=O) groups is 1. The van der Waals surface area contributed by atoms with E-state index in [0.29, 0.717) is 11.3 Å². The summed E-state index contributed by atoms with van der Waals surface area (Å²) in [7, 11) is 0. The second-order valence-electron chi connectivity index (χ2n) is 4.15. The van der Waals surface area contributed by atoms with Crippen LogP contribution in [-0.2, 0) is 0 Å². The predicted octanol–water partition coefficient (Wildman–Crippen LogP) is 1.11. The van der Waals surface area contributed by atoms with Crippen molar-refractivity contribution in [2.75, 3.05) is 5.73 Å². The lowest BCUT2D eigenvalue weighted by atomic mass is 10.1. The van der Waals surface area contributed by atoms with Crippen molar-refractivity contribution in [2.45, 2.75) is 0 Å². The number of anilines is 1. The summed E-state index contributed by atoms with van der Waals surface area (Å²) in [5.74, 6) is -0.335. The van der Waals surface area contributed by atoms with Crippen LogP contribution in [0.25, 0.3) is 0 Å². The molecule has 0 saturated carbocycles. The lowest BCUT2D eigenvalue weighted by molar-refractivity contribution is 0.100. The van der Waals surface area contributed by atoms with Gasteiger partial charge in [0.2, 0.25) is 0 Å². The molecule has 0 aliphatic carbocycles. The number of hydrogen-bond donors (Lipinski definition) is 4. The Kier molecular flexibility index (Phi) is 3.56. The lowest BCUT2D eigenvalue weighted by Crippen LogP contribution is -2.15. The van der Waals surface area contributed by atoms with Crippen LogP contribution in [0.1, 0.15) is 15.9 Å². The summed E-state index contributed by atoms with van der Waals surface area (Å²) >= 11 is 0. The number of hydrogen-bond acceptors (Lipinski definition) is 4. The van der Waals surface area contributed by atoms with Gasteiger partial charge in [-0.2, -0.15) is 0 Å². The molecule has 2 aromatic carbocycles. The van der Waals surface area contributed by atoms with E-state index in [1.54, 1.807) is 24.3 Å². The maximum atomic E-state index is 11.4. The van der Waals surface area contributed by atoms with E-state index in [1.807, 2.05) is 0 Å². The van der Waals surface area contributed by atoms with Gasteiger partial charge in [-0.3, -0.25) is 4.79 Å². The number of primary amides is 1. The quantitative estimate of drug-likeness (QED) is 0.378. The standard InChI is InChI=1S/C14H14N4O2/c15-11-3-1-2-10(14(17)20)12(11)18-13(16)8-4-6-9(19)7-5-8/h1-7,19H,15H2,(H2,16,18)(H2,17,20). The summed E-state index contributed by atoms with van der Waals surface area (Å²) in [5, 5.41) is 9.23. The zero-order valence-electron chi connectivity index (χ0n) is 10.6. The van der Waals surface area contributed by atoms with Crippen LogP contribution in [0.4, 0.5) is 11.4 Å². The maximum Gasteiger partial charge on any atom is 0.250 e. The molecule has 0 heterocycles.